The molecule has 2 nitrogen and oxygen atoms in total. The molecule has 0 amide bonds. The molecule has 0 saturated carbocycles. The normalized spacial score (nSPS) is 10.5. The van der Waals surface area contributed by atoms with E-state index in [1.54, 1.807) is 0 Å². The predicted molar refractivity (Wildman–Crippen MR) is 57.9 cm³/mol. The lowest BCUT2D eigenvalue weighted by Gasteiger charge is -1.95. The van der Waals surface area contributed by atoms with E-state index in [1.807, 2.05) is 18.2 Å². The van der Waals surface area contributed by atoms with E-state index in [2.05, 4.69) is 17.6 Å². The van der Waals surface area contributed by atoms with Crippen LogP contribution in [0.25, 0.3) is 10.2 Å². The second-order valence-corrected chi connectivity index (χ2v) is 3.87. The van der Waals surface area contributed by atoms with Crippen LogP contribution in [0, 0.1) is 0 Å². The van der Waals surface area contributed by atoms with Gasteiger partial charge in [0.25, 0.3) is 0 Å². The first-order valence-corrected chi connectivity index (χ1v) is 4.87. The minimum absolute atomic E-state index is 0.631. The minimum Gasteiger partial charge on any atom is -0.375 e. The van der Waals surface area contributed by atoms with Crippen molar-refractivity contribution in [3.63, 3.8) is 0 Å². The number of aromatic nitrogens is 1. The van der Waals surface area contributed by atoms with Gasteiger partial charge in [-0.15, -0.1) is 6.58 Å². The molecule has 0 spiro atoms. The van der Waals surface area contributed by atoms with Crippen molar-refractivity contribution in [3.8, 4) is 0 Å². The summed E-state index contributed by atoms with van der Waals surface area (Å²) in [5, 5.41) is 0.631. The Bertz CT molecular complexity index is 445. The maximum atomic E-state index is 5.64. The largest absolute Gasteiger partial charge is 0.375 e. The Morgan fingerprint density at radius 3 is 3.15 bits per heavy atom. The van der Waals surface area contributed by atoms with Gasteiger partial charge >= 0.3 is 0 Å². The summed E-state index contributed by atoms with van der Waals surface area (Å²) in [6.07, 6.45) is 2.73. The van der Waals surface area contributed by atoms with Crippen LogP contribution in [0.5, 0.6) is 0 Å². The van der Waals surface area contributed by atoms with E-state index in [-0.39, 0.29) is 0 Å². The highest BCUT2D eigenvalue weighted by Crippen LogP contribution is 2.26. The lowest BCUT2D eigenvalue weighted by atomic mass is 10.1. The molecule has 1 aromatic carbocycles. The number of thiazole rings is 1. The molecule has 0 bridgehead atoms. The molecule has 1 heterocycles. The molecule has 0 unspecified atom stereocenters. The van der Waals surface area contributed by atoms with Gasteiger partial charge in [-0.05, 0) is 18.1 Å². The summed E-state index contributed by atoms with van der Waals surface area (Å²) in [4.78, 5) is 4.28. The summed E-state index contributed by atoms with van der Waals surface area (Å²) in [5.74, 6) is 0. The van der Waals surface area contributed by atoms with Crippen molar-refractivity contribution in [2.45, 2.75) is 6.42 Å². The zero-order valence-electron chi connectivity index (χ0n) is 7.16. The Morgan fingerprint density at radius 2 is 2.38 bits per heavy atom. The molecule has 2 N–H and O–H groups in total. The van der Waals surface area contributed by atoms with E-state index >= 15 is 0 Å². The van der Waals surface area contributed by atoms with Gasteiger partial charge in [0, 0.05) is 0 Å². The molecule has 0 atom stereocenters. The Balaban J connectivity index is 2.67. The molecular formula is C10H10N2S. The molecule has 0 aliphatic heterocycles. The van der Waals surface area contributed by atoms with Crippen LogP contribution < -0.4 is 5.73 Å². The van der Waals surface area contributed by atoms with Gasteiger partial charge in [-0.3, -0.25) is 0 Å². The highest BCUT2D eigenvalue weighted by molar-refractivity contribution is 7.22. The van der Waals surface area contributed by atoms with Gasteiger partial charge in [0.15, 0.2) is 5.13 Å². The van der Waals surface area contributed by atoms with Crippen LogP contribution in [-0.2, 0) is 6.42 Å². The molecule has 0 aliphatic rings. The number of benzene rings is 1. The average molecular weight is 190 g/mol. The first-order chi connectivity index (χ1) is 6.31. The van der Waals surface area contributed by atoms with Gasteiger partial charge in [0.05, 0.1) is 10.2 Å². The predicted octanol–water partition coefficient (Wildman–Crippen LogP) is 2.61. The smallest absolute Gasteiger partial charge is 0.181 e. The van der Waals surface area contributed by atoms with Gasteiger partial charge in [0.1, 0.15) is 0 Å². The fourth-order valence-corrected chi connectivity index (χ4v) is 2.13. The molecule has 0 aliphatic carbocycles. The van der Waals surface area contributed by atoms with Gasteiger partial charge in [-0.2, -0.15) is 0 Å². The molecule has 3 heteroatoms. The van der Waals surface area contributed by atoms with Crippen molar-refractivity contribution in [1.29, 1.82) is 0 Å². The van der Waals surface area contributed by atoms with Crippen LogP contribution >= 0.6 is 11.3 Å². The van der Waals surface area contributed by atoms with Crippen LogP contribution in [-0.4, -0.2) is 4.98 Å². The topological polar surface area (TPSA) is 38.9 Å². The number of nitrogens with zero attached hydrogens (tertiary/aromatic N) is 1. The quantitative estimate of drug-likeness (QED) is 0.739. The summed E-state index contributed by atoms with van der Waals surface area (Å²) in [6, 6.07) is 6.12. The van der Waals surface area contributed by atoms with Crippen molar-refractivity contribution in [2.24, 2.45) is 0 Å². The lowest BCUT2D eigenvalue weighted by molar-refractivity contribution is 1.28. The number of para-hydroxylation sites is 1. The Kier molecular flexibility index (Phi) is 2.02. The summed E-state index contributed by atoms with van der Waals surface area (Å²) in [6.45, 7) is 3.71. The number of anilines is 1. The standard InChI is InChI=1S/C10H10N2S/c1-2-4-7-5-3-6-8-9(7)12-10(11)13-8/h2-3,5-6H,1,4H2,(H2,11,12). The van der Waals surface area contributed by atoms with Crippen LogP contribution in [0.15, 0.2) is 30.9 Å². The number of rotatable bonds is 2. The summed E-state index contributed by atoms with van der Waals surface area (Å²) in [7, 11) is 0. The number of fused-ring (bicyclic) bond motifs is 1. The number of allylic oxidation sites excluding steroid dienone is 1. The summed E-state index contributed by atoms with van der Waals surface area (Å²) >= 11 is 1.52. The number of nitrogens with two attached hydrogens (primary N) is 1. The average Bonchev–Trinajstić information content (AvgIpc) is 2.47. The van der Waals surface area contributed by atoms with E-state index in [9.17, 15) is 0 Å². The van der Waals surface area contributed by atoms with Crippen LogP contribution in [0.3, 0.4) is 0 Å². The van der Waals surface area contributed by atoms with Crippen molar-refractivity contribution >= 4 is 26.7 Å². The Morgan fingerprint density at radius 1 is 1.54 bits per heavy atom. The monoisotopic (exact) mass is 190 g/mol. The SMILES string of the molecule is C=CCc1cccc2sc(N)nc12. The van der Waals surface area contributed by atoms with Crippen molar-refractivity contribution in [3.05, 3.63) is 36.4 Å². The van der Waals surface area contributed by atoms with Crippen LogP contribution in [0.1, 0.15) is 5.56 Å². The minimum atomic E-state index is 0.631. The molecule has 1 aromatic heterocycles. The maximum Gasteiger partial charge on any atom is 0.181 e. The van der Waals surface area contributed by atoms with E-state index in [0.717, 1.165) is 16.6 Å². The fourth-order valence-electron chi connectivity index (χ4n) is 1.34. The zero-order valence-corrected chi connectivity index (χ0v) is 7.97. The molecule has 13 heavy (non-hydrogen) atoms. The summed E-state index contributed by atoms with van der Waals surface area (Å²) in [5.41, 5.74) is 7.85. The third-order valence-corrected chi connectivity index (χ3v) is 2.73. The van der Waals surface area contributed by atoms with Gasteiger partial charge in [-0.25, -0.2) is 4.98 Å². The third-order valence-electron chi connectivity index (χ3n) is 1.88. The first-order valence-electron chi connectivity index (χ1n) is 4.06. The molecule has 0 fully saturated rings. The zero-order chi connectivity index (χ0) is 9.26. The highest BCUT2D eigenvalue weighted by Gasteiger charge is 2.03. The molecular weight excluding hydrogens is 180 g/mol. The van der Waals surface area contributed by atoms with Crippen molar-refractivity contribution < 1.29 is 0 Å². The van der Waals surface area contributed by atoms with Crippen LogP contribution in [0.2, 0.25) is 0 Å². The Hall–Kier alpha value is -1.35. The van der Waals surface area contributed by atoms with Gasteiger partial charge in [-0.1, -0.05) is 29.5 Å². The van der Waals surface area contributed by atoms with Crippen molar-refractivity contribution in [2.75, 3.05) is 5.73 Å². The fraction of sp³-hybridized carbons (Fsp3) is 0.100. The molecule has 0 radical (unpaired) electrons. The van der Waals surface area contributed by atoms with Crippen LogP contribution in [0.4, 0.5) is 5.13 Å². The Labute approximate surface area is 80.7 Å². The molecule has 2 aromatic rings. The lowest BCUT2D eigenvalue weighted by Crippen LogP contribution is -1.84. The van der Waals surface area contributed by atoms with E-state index in [1.165, 1.54) is 16.9 Å². The number of hydrogen-bond acceptors (Lipinski definition) is 3. The van der Waals surface area contributed by atoms with Gasteiger partial charge in [0.2, 0.25) is 0 Å². The molecule has 0 saturated heterocycles. The maximum absolute atomic E-state index is 5.64. The third kappa shape index (κ3) is 1.42. The highest BCUT2D eigenvalue weighted by atomic mass is 32.1. The number of nitrogen functional groups attached to an aromatic ring is 1. The second kappa shape index (κ2) is 3.18. The number of hydrogen-bond donors (Lipinski definition) is 1. The van der Waals surface area contributed by atoms with Gasteiger partial charge < -0.3 is 5.73 Å². The first kappa shape index (κ1) is 8.26. The van der Waals surface area contributed by atoms with E-state index in [0.29, 0.717) is 5.13 Å². The molecule has 66 valence electrons. The van der Waals surface area contributed by atoms with E-state index in [4.69, 9.17) is 5.73 Å². The second-order valence-electron chi connectivity index (χ2n) is 2.81. The van der Waals surface area contributed by atoms with Crippen molar-refractivity contribution in [1.82, 2.24) is 4.98 Å². The van der Waals surface area contributed by atoms with E-state index < -0.39 is 0 Å². The summed E-state index contributed by atoms with van der Waals surface area (Å²) < 4.78 is 1.15. The molecule has 2 rings (SSSR count).